The van der Waals surface area contributed by atoms with E-state index in [0.717, 1.165) is 25.9 Å². The van der Waals surface area contributed by atoms with Gasteiger partial charge in [-0.05, 0) is 50.1 Å². The average Bonchev–Trinajstić information content (AvgIpc) is 2.72. The molecular formula is C20H24N4O4. The van der Waals surface area contributed by atoms with Crippen LogP contribution in [0.15, 0.2) is 39.8 Å². The summed E-state index contributed by atoms with van der Waals surface area (Å²) >= 11 is 0. The molecule has 0 aliphatic carbocycles. The minimum absolute atomic E-state index is 0.00739. The van der Waals surface area contributed by atoms with Crippen molar-refractivity contribution in [2.45, 2.75) is 25.7 Å². The summed E-state index contributed by atoms with van der Waals surface area (Å²) in [6.45, 7) is 3.91. The molecule has 0 saturated carbocycles. The Balaban J connectivity index is 1.55. The van der Waals surface area contributed by atoms with Crippen molar-refractivity contribution < 1.29 is 14.0 Å². The molecular weight excluding hydrogens is 360 g/mol. The van der Waals surface area contributed by atoms with E-state index in [9.17, 15) is 14.4 Å². The molecule has 0 bridgehead atoms. The normalized spacial score (nSPS) is 16.4. The predicted octanol–water partition coefficient (Wildman–Crippen LogP) is 0.970. The molecule has 8 heteroatoms. The first-order valence-corrected chi connectivity index (χ1v) is 9.38. The maximum absolute atomic E-state index is 12.4. The number of amides is 2. The minimum atomic E-state index is -0.626. The third kappa shape index (κ3) is 4.83. The van der Waals surface area contributed by atoms with Crippen molar-refractivity contribution >= 4 is 11.8 Å². The van der Waals surface area contributed by atoms with E-state index in [1.165, 1.54) is 12.4 Å². The Morgan fingerprint density at radius 3 is 2.57 bits per heavy atom. The van der Waals surface area contributed by atoms with Gasteiger partial charge in [-0.1, -0.05) is 0 Å². The van der Waals surface area contributed by atoms with Crippen molar-refractivity contribution in [3.05, 3.63) is 63.5 Å². The van der Waals surface area contributed by atoms with Crippen LogP contribution in [0, 0.1) is 6.92 Å². The molecule has 0 radical (unpaired) electrons. The van der Waals surface area contributed by atoms with Gasteiger partial charge in [-0.3, -0.25) is 14.6 Å². The smallest absolute Gasteiger partial charge is 0.349 e. The van der Waals surface area contributed by atoms with Crippen molar-refractivity contribution in [1.29, 1.82) is 0 Å². The van der Waals surface area contributed by atoms with E-state index >= 15 is 0 Å². The second kappa shape index (κ2) is 9.27. The van der Waals surface area contributed by atoms with E-state index in [0.29, 0.717) is 16.9 Å². The van der Waals surface area contributed by atoms with E-state index in [1.807, 2.05) is 0 Å². The van der Waals surface area contributed by atoms with E-state index in [-0.39, 0.29) is 30.5 Å². The molecule has 1 aliphatic rings. The quantitative estimate of drug-likeness (QED) is 0.640. The number of rotatable bonds is 6. The van der Waals surface area contributed by atoms with Crippen LogP contribution in [0.5, 0.6) is 0 Å². The maximum Gasteiger partial charge on any atom is 0.349 e. The van der Waals surface area contributed by atoms with Gasteiger partial charge in [0.25, 0.3) is 11.8 Å². The van der Waals surface area contributed by atoms with Crippen LogP contribution in [0.25, 0.3) is 0 Å². The largest absolute Gasteiger partial charge is 0.427 e. The highest BCUT2D eigenvalue weighted by Crippen LogP contribution is 2.23. The first-order valence-electron chi connectivity index (χ1n) is 9.38. The minimum Gasteiger partial charge on any atom is -0.427 e. The molecule has 1 aliphatic heterocycles. The molecule has 8 nitrogen and oxygen atoms in total. The summed E-state index contributed by atoms with van der Waals surface area (Å²) in [6, 6.07) is 4.98. The highest BCUT2D eigenvalue weighted by molar-refractivity contribution is 5.95. The Hall–Kier alpha value is -3.00. The number of aromatic nitrogens is 1. The fourth-order valence-electron chi connectivity index (χ4n) is 3.25. The van der Waals surface area contributed by atoms with Crippen LogP contribution in [0.4, 0.5) is 0 Å². The molecule has 1 atom stereocenters. The molecule has 148 valence electrons. The molecule has 3 rings (SSSR count). The lowest BCUT2D eigenvalue weighted by Gasteiger charge is -2.22. The van der Waals surface area contributed by atoms with E-state index < -0.39 is 11.5 Å². The van der Waals surface area contributed by atoms with Crippen LogP contribution in [0.1, 0.15) is 50.8 Å². The molecule has 0 spiro atoms. The van der Waals surface area contributed by atoms with Gasteiger partial charge < -0.3 is 20.4 Å². The topological polar surface area (TPSA) is 113 Å². The van der Waals surface area contributed by atoms with E-state index in [1.54, 1.807) is 25.1 Å². The second-order valence-corrected chi connectivity index (χ2v) is 6.79. The van der Waals surface area contributed by atoms with E-state index in [2.05, 4.69) is 20.9 Å². The van der Waals surface area contributed by atoms with Crippen molar-refractivity contribution in [3.8, 4) is 0 Å². The zero-order valence-corrected chi connectivity index (χ0v) is 15.8. The number of nitrogens with zero attached hydrogens (tertiary/aromatic N) is 1. The lowest BCUT2D eigenvalue weighted by atomic mass is 9.95. The van der Waals surface area contributed by atoms with Gasteiger partial charge in [-0.15, -0.1) is 0 Å². The lowest BCUT2D eigenvalue weighted by Crippen LogP contribution is -2.37. The van der Waals surface area contributed by atoms with Crippen LogP contribution in [-0.2, 0) is 0 Å². The maximum atomic E-state index is 12.4. The number of hydrogen-bond acceptors (Lipinski definition) is 6. The van der Waals surface area contributed by atoms with Crippen molar-refractivity contribution in [2.24, 2.45) is 0 Å². The van der Waals surface area contributed by atoms with Crippen molar-refractivity contribution in [3.63, 3.8) is 0 Å². The molecule has 2 amide bonds. The molecule has 2 aromatic rings. The Morgan fingerprint density at radius 1 is 1.21 bits per heavy atom. The number of carbonyl (C=O) groups is 2. The standard InChI is InChI=1S/C20H24N4O4/c1-13-11-16(15-3-2-6-22-12-15)28-20(27)17(13)19(26)24-10-9-23-18(25)14-4-7-21-8-5-14/h4-5,7-8,11,15,22H,2-3,6,9-10,12H2,1H3,(H,23,25)(H,24,26). The van der Waals surface area contributed by atoms with Crippen molar-refractivity contribution in [1.82, 2.24) is 20.9 Å². The fraction of sp³-hybridized carbons (Fsp3) is 0.400. The molecule has 1 unspecified atom stereocenters. The Kier molecular flexibility index (Phi) is 6.54. The summed E-state index contributed by atoms with van der Waals surface area (Å²) in [6.07, 6.45) is 5.05. The first-order chi connectivity index (χ1) is 13.6. The number of aryl methyl sites for hydroxylation is 1. The summed E-state index contributed by atoms with van der Waals surface area (Å²) in [5.41, 5.74) is 0.465. The fourth-order valence-corrected chi connectivity index (χ4v) is 3.25. The Morgan fingerprint density at radius 2 is 1.93 bits per heavy atom. The molecule has 1 saturated heterocycles. The summed E-state index contributed by atoms with van der Waals surface area (Å²) in [5, 5.41) is 8.63. The molecule has 0 aromatic carbocycles. The molecule has 28 heavy (non-hydrogen) atoms. The van der Waals surface area contributed by atoms with Crippen LogP contribution < -0.4 is 21.6 Å². The Bertz CT molecular complexity index is 889. The summed E-state index contributed by atoms with van der Waals surface area (Å²) in [5.74, 6) is 0.0204. The first kappa shape index (κ1) is 19.8. The summed E-state index contributed by atoms with van der Waals surface area (Å²) in [7, 11) is 0. The van der Waals surface area contributed by atoms with Gasteiger partial charge in [0.05, 0.1) is 0 Å². The van der Waals surface area contributed by atoms with Gasteiger partial charge >= 0.3 is 5.63 Å². The van der Waals surface area contributed by atoms with Crippen LogP contribution in [0.2, 0.25) is 0 Å². The molecule has 3 N–H and O–H groups in total. The molecule has 2 aromatic heterocycles. The number of pyridine rings is 1. The Labute approximate surface area is 162 Å². The molecule has 1 fully saturated rings. The highest BCUT2D eigenvalue weighted by Gasteiger charge is 2.22. The van der Waals surface area contributed by atoms with Crippen LogP contribution >= 0.6 is 0 Å². The van der Waals surface area contributed by atoms with Gasteiger partial charge in [-0.2, -0.15) is 0 Å². The number of piperidine rings is 1. The zero-order valence-electron chi connectivity index (χ0n) is 15.8. The number of carbonyl (C=O) groups excluding carboxylic acids is 2. The van der Waals surface area contributed by atoms with Gasteiger partial charge in [0.15, 0.2) is 0 Å². The van der Waals surface area contributed by atoms with E-state index in [4.69, 9.17) is 4.42 Å². The third-order valence-electron chi connectivity index (χ3n) is 4.73. The zero-order chi connectivity index (χ0) is 19.9. The summed E-state index contributed by atoms with van der Waals surface area (Å²) in [4.78, 5) is 40.5. The summed E-state index contributed by atoms with van der Waals surface area (Å²) < 4.78 is 5.42. The monoisotopic (exact) mass is 384 g/mol. The third-order valence-corrected chi connectivity index (χ3v) is 4.73. The SMILES string of the molecule is Cc1cc(C2CCCNC2)oc(=O)c1C(=O)NCCNC(=O)c1ccncc1. The van der Waals surface area contributed by atoms with Gasteiger partial charge in [0, 0.05) is 43.5 Å². The van der Waals surface area contributed by atoms with Crippen molar-refractivity contribution in [2.75, 3.05) is 26.2 Å². The highest BCUT2D eigenvalue weighted by atomic mass is 16.4. The number of nitrogens with one attached hydrogen (secondary N) is 3. The van der Waals surface area contributed by atoms with Gasteiger partial charge in [0.1, 0.15) is 11.3 Å². The predicted molar refractivity (Wildman–Crippen MR) is 103 cm³/mol. The van der Waals surface area contributed by atoms with Crippen LogP contribution in [-0.4, -0.2) is 43.0 Å². The van der Waals surface area contributed by atoms with Crippen LogP contribution in [0.3, 0.4) is 0 Å². The van der Waals surface area contributed by atoms with Gasteiger partial charge in [-0.25, -0.2) is 4.79 Å². The van der Waals surface area contributed by atoms with Gasteiger partial charge in [0.2, 0.25) is 0 Å². The molecule has 3 heterocycles. The second-order valence-electron chi connectivity index (χ2n) is 6.79. The average molecular weight is 384 g/mol. The lowest BCUT2D eigenvalue weighted by molar-refractivity contribution is 0.0924. The number of hydrogen-bond donors (Lipinski definition) is 3.